The third kappa shape index (κ3) is 5.32. The van der Waals surface area contributed by atoms with Gasteiger partial charge < -0.3 is 9.64 Å². The number of carbonyl (C=O) groups excluding carboxylic acids is 2. The van der Waals surface area contributed by atoms with Gasteiger partial charge >= 0.3 is 5.97 Å². The maximum absolute atomic E-state index is 13.1. The fourth-order valence-electron chi connectivity index (χ4n) is 3.22. The molecule has 2 rings (SSSR count). The molecule has 1 saturated carbocycles. The van der Waals surface area contributed by atoms with Gasteiger partial charge in [0.2, 0.25) is 0 Å². The number of hydrogen-bond donors (Lipinski definition) is 0. The lowest BCUT2D eigenvalue weighted by Gasteiger charge is -2.31. The molecule has 0 bridgehead atoms. The van der Waals surface area contributed by atoms with E-state index in [1.807, 2.05) is 0 Å². The van der Waals surface area contributed by atoms with Crippen LogP contribution in [0.4, 0.5) is 4.39 Å². The summed E-state index contributed by atoms with van der Waals surface area (Å²) >= 11 is 0. The van der Waals surface area contributed by atoms with Crippen LogP contribution in [0.25, 0.3) is 0 Å². The van der Waals surface area contributed by atoms with Gasteiger partial charge in [0.05, 0.1) is 13.0 Å². The Bertz CT molecular complexity index is 536. The highest BCUT2D eigenvalue weighted by atomic mass is 19.1. The molecule has 1 aromatic carbocycles. The summed E-state index contributed by atoms with van der Waals surface area (Å²) in [5, 5.41) is 0. The van der Waals surface area contributed by atoms with Crippen molar-refractivity contribution in [1.29, 1.82) is 0 Å². The molecule has 0 radical (unpaired) electrons. The Hall–Kier alpha value is -1.91. The molecule has 1 aliphatic carbocycles. The second kappa shape index (κ2) is 9.40. The zero-order valence-electron chi connectivity index (χ0n) is 14.3. The summed E-state index contributed by atoms with van der Waals surface area (Å²) in [5.41, 5.74) is 0.463. The predicted molar refractivity (Wildman–Crippen MR) is 90.2 cm³/mol. The van der Waals surface area contributed by atoms with E-state index in [0.29, 0.717) is 18.7 Å². The number of hydrogen-bond acceptors (Lipinski definition) is 3. The van der Waals surface area contributed by atoms with Gasteiger partial charge in [0.25, 0.3) is 5.91 Å². The molecule has 4 nitrogen and oxygen atoms in total. The Kier molecular flexibility index (Phi) is 7.22. The van der Waals surface area contributed by atoms with Crippen LogP contribution in [0.15, 0.2) is 24.3 Å². The van der Waals surface area contributed by atoms with Gasteiger partial charge in [-0.1, -0.05) is 25.7 Å². The Morgan fingerprint density at radius 3 is 2.33 bits per heavy atom. The summed E-state index contributed by atoms with van der Waals surface area (Å²) in [6.07, 6.45) is 6.66. The van der Waals surface area contributed by atoms with Crippen LogP contribution in [0.1, 0.15) is 62.2 Å². The molecule has 1 aliphatic rings. The van der Waals surface area contributed by atoms with Crippen molar-refractivity contribution in [2.24, 2.45) is 0 Å². The SMILES string of the molecule is CCOC(=O)CCN(C(=O)c1ccc(F)cc1)C1CCCCCC1. The molecule has 24 heavy (non-hydrogen) atoms. The number of benzene rings is 1. The van der Waals surface area contributed by atoms with Crippen LogP contribution in [0.2, 0.25) is 0 Å². The highest BCUT2D eigenvalue weighted by Crippen LogP contribution is 2.24. The number of ether oxygens (including phenoxy) is 1. The van der Waals surface area contributed by atoms with Crippen molar-refractivity contribution in [3.8, 4) is 0 Å². The third-order valence-corrected chi connectivity index (χ3v) is 4.48. The highest BCUT2D eigenvalue weighted by Gasteiger charge is 2.26. The topological polar surface area (TPSA) is 46.6 Å². The normalized spacial score (nSPS) is 15.6. The maximum atomic E-state index is 13.1. The van der Waals surface area contributed by atoms with Crippen molar-refractivity contribution in [2.75, 3.05) is 13.2 Å². The molecule has 0 aromatic heterocycles. The van der Waals surface area contributed by atoms with E-state index in [0.717, 1.165) is 25.7 Å². The zero-order valence-corrected chi connectivity index (χ0v) is 14.3. The largest absolute Gasteiger partial charge is 0.466 e. The molecule has 5 heteroatoms. The molecular weight excluding hydrogens is 309 g/mol. The fourth-order valence-corrected chi connectivity index (χ4v) is 3.22. The van der Waals surface area contributed by atoms with Gasteiger partial charge in [-0.3, -0.25) is 9.59 Å². The second-order valence-corrected chi connectivity index (χ2v) is 6.21. The van der Waals surface area contributed by atoms with Crippen LogP contribution in [0.3, 0.4) is 0 Å². The number of esters is 1. The summed E-state index contributed by atoms with van der Waals surface area (Å²) in [5.74, 6) is -0.784. The number of nitrogens with zero attached hydrogens (tertiary/aromatic N) is 1. The molecule has 0 unspecified atom stereocenters. The van der Waals surface area contributed by atoms with E-state index in [4.69, 9.17) is 4.74 Å². The first-order valence-corrected chi connectivity index (χ1v) is 8.84. The Morgan fingerprint density at radius 2 is 1.75 bits per heavy atom. The molecule has 0 aliphatic heterocycles. The molecule has 1 amide bonds. The second-order valence-electron chi connectivity index (χ2n) is 6.21. The summed E-state index contributed by atoms with van der Waals surface area (Å²) in [6.45, 7) is 2.46. The standard InChI is InChI=1S/C19H26FNO3/c1-2-24-18(22)13-14-21(17-7-5-3-4-6-8-17)19(23)15-9-11-16(20)12-10-15/h9-12,17H,2-8,13-14H2,1H3. The van der Waals surface area contributed by atoms with E-state index in [1.54, 1.807) is 11.8 Å². The highest BCUT2D eigenvalue weighted by molar-refractivity contribution is 5.94. The van der Waals surface area contributed by atoms with Crippen LogP contribution in [-0.4, -0.2) is 36.0 Å². The molecule has 0 N–H and O–H groups in total. The van der Waals surface area contributed by atoms with Gasteiger partial charge in [0.15, 0.2) is 0 Å². The zero-order chi connectivity index (χ0) is 17.4. The van der Waals surface area contributed by atoms with Crippen molar-refractivity contribution in [1.82, 2.24) is 4.90 Å². The van der Waals surface area contributed by atoms with Crippen molar-refractivity contribution in [3.63, 3.8) is 0 Å². The molecule has 0 saturated heterocycles. The van der Waals surface area contributed by atoms with E-state index < -0.39 is 0 Å². The summed E-state index contributed by atoms with van der Waals surface area (Å²) in [7, 11) is 0. The fraction of sp³-hybridized carbons (Fsp3) is 0.579. The first-order valence-electron chi connectivity index (χ1n) is 8.84. The van der Waals surface area contributed by atoms with E-state index in [2.05, 4.69) is 0 Å². The quantitative estimate of drug-likeness (QED) is 0.584. The Morgan fingerprint density at radius 1 is 1.12 bits per heavy atom. The van der Waals surface area contributed by atoms with Crippen LogP contribution >= 0.6 is 0 Å². The van der Waals surface area contributed by atoms with Gasteiger partial charge in [-0.25, -0.2) is 4.39 Å². The van der Waals surface area contributed by atoms with Gasteiger partial charge in [-0.05, 0) is 44.0 Å². The molecule has 1 fully saturated rings. The molecular formula is C19H26FNO3. The predicted octanol–water partition coefficient (Wildman–Crippen LogP) is 3.94. The van der Waals surface area contributed by atoms with Crippen LogP contribution < -0.4 is 0 Å². The van der Waals surface area contributed by atoms with Crippen molar-refractivity contribution in [3.05, 3.63) is 35.6 Å². The van der Waals surface area contributed by atoms with Gasteiger partial charge in [-0.15, -0.1) is 0 Å². The minimum atomic E-state index is -0.362. The number of carbonyl (C=O) groups is 2. The molecule has 0 atom stereocenters. The van der Waals surface area contributed by atoms with Crippen molar-refractivity contribution >= 4 is 11.9 Å². The minimum Gasteiger partial charge on any atom is -0.466 e. The van der Waals surface area contributed by atoms with Crippen LogP contribution in [0.5, 0.6) is 0 Å². The first kappa shape index (κ1) is 18.4. The Labute approximate surface area is 143 Å². The Balaban J connectivity index is 2.12. The third-order valence-electron chi connectivity index (χ3n) is 4.48. The molecule has 0 spiro atoms. The number of amides is 1. The first-order chi connectivity index (χ1) is 11.6. The van der Waals surface area contributed by atoms with Crippen molar-refractivity contribution in [2.45, 2.75) is 57.9 Å². The van der Waals surface area contributed by atoms with E-state index in [9.17, 15) is 14.0 Å². The van der Waals surface area contributed by atoms with Gasteiger partial charge in [-0.2, -0.15) is 0 Å². The smallest absolute Gasteiger partial charge is 0.307 e. The number of rotatable bonds is 6. The lowest BCUT2D eigenvalue weighted by Crippen LogP contribution is -2.41. The average Bonchev–Trinajstić information content (AvgIpc) is 2.85. The lowest BCUT2D eigenvalue weighted by atomic mass is 10.0. The summed E-state index contributed by atoms with van der Waals surface area (Å²) in [4.78, 5) is 26.4. The average molecular weight is 335 g/mol. The minimum absolute atomic E-state index is 0.133. The summed E-state index contributed by atoms with van der Waals surface area (Å²) < 4.78 is 18.1. The van der Waals surface area contributed by atoms with Crippen LogP contribution in [-0.2, 0) is 9.53 Å². The van der Waals surface area contributed by atoms with E-state index in [1.165, 1.54) is 37.1 Å². The monoisotopic (exact) mass is 335 g/mol. The maximum Gasteiger partial charge on any atom is 0.307 e. The number of halogens is 1. The van der Waals surface area contributed by atoms with Crippen LogP contribution in [0, 0.1) is 5.82 Å². The molecule has 132 valence electrons. The van der Waals surface area contributed by atoms with E-state index in [-0.39, 0.29) is 30.2 Å². The van der Waals surface area contributed by atoms with Gasteiger partial charge in [0.1, 0.15) is 5.82 Å². The lowest BCUT2D eigenvalue weighted by molar-refractivity contribution is -0.143. The van der Waals surface area contributed by atoms with Gasteiger partial charge in [0, 0.05) is 18.2 Å². The summed E-state index contributed by atoms with van der Waals surface area (Å²) in [6, 6.07) is 5.74. The van der Waals surface area contributed by atoms with Crippen molar-refractivity contribution < 1.29 is 18.7 Å². The van der Waals surface area contributed by atoms with E-state index >= 15 is 0 Å². The molecule has 1 aromatic rings. The molecule has 0 heterocycles.